The normalized spacial score (nSPS) is 16.4. The average Bonchev–Trinajstić information content (AvgIpc) is 2.31. The summed E-state index contributed by atoms with van der Waals surface area (Å²) >= 11 is 5.74. The van der Waals surface area contributed by atoms with Gasteiger partial charge in [-0.2, -0.15) is 0 Å². The molecule has 18 heavy (non-hydrogen) atoms. The van der Waals surface area contributed by atoms with Gasteiger partial charge in [0.25, 0.3) is 5.69 Å². The zero-order valence-electron chi connectivity index (χ0n) is 9.56. The van der Waals surface area contributed by atoms with Crippen molar-refractivity contribution in [3.8, 4) is 0 Å². The van der Waals surface area contributed by atoms with Crippen molar-refractivity contribution in [1.29, 1.82) is 0 Å². The van der Waals surface area contributed by atoms with Gasteiger partial charge in [-0.25, -0.2) is 0 Å². The highest BCUT2D eigenvalue weighted by Gasteiger charge is 2.18. The lowest BCUT2D eigenvalue weighted by Crippen LogP contribution is -2.47. The van der Waals surface area contributed by atoms with E-state index >= 15 is 0 Å². The second-order valence-corrected chi connectivity index (χ2v) is 4.51. The smallest absolute Gasteiger partial charge is 0.288 e. The van der Waals surface area contributed by atoms with Gasteiger partial charge in [-0.3, -0.25) is 19.8 Å². The van der Waals surface area contributed by atoms with Crippen LogP contribution in [0.5, 0.6) is 0 Å². The van der Waals surface area contributed by atoms with Gasteiger partial charge in [0.2, 0.25) is 5.91 Å². The fourth-order valence-corrected chi connectivity index (χ4v) is 2.07. The Bertz CT molecular complexity index is 492. The third-order valence-electron chi connectivity index (χ3n) is 2.73. The van der Waals surface area contributed by atoms with Crippen molar-refractivity contribution in [1.82, 2.24) is 10.2 Å². The van der Waals surface area contributed by atoms with Crippen LogP contribution < -0.4 is 5.32 Å². The van der Waals surface area contributed by atoms with Gasteiger partial charge in [-0.15, -0.1) is 0 Å². The van der Waals surface area contributed by atoms with Gasteiger partial charge in [-0.1, -0.05) is 17.7 Å². The van der Waals surface area contributed by atoms with Crippen molar-refractivity contribution in [2.45, 2.75) is 6.54 Å². The number of carbonyl (C=O) groups excluding carboxylic acids is 1. The molecule has 6 nitrogen and oxygen atoms in total. The number of nitrogens with one attached hydrogen (secondary N) is 1. The van der Waals surface area contributed by atoms with Crippen LogP contribution in [0.25, 0.3) is 0 Å². The molecular weight excluding hydrogens is 258 g/mol. The number of benzene rings is 1. The standard InChI is InChI=1S/C11H12ClN3O3/c12-9-2-1-8(5-10(9)15(17)18)6-14-4-3-13-11(16)7-14/h1-2,5H,3-4,6-7H2,(H,13,16). The number of hydrogen-bond acceptors (Lipinski definition) is 4. The molecular formula is C11H12ClN3O3. The molecule has 1 aromatic carbocycles. The number of nitro groups is 1. The summed E-state index contributed by atoms with van der Waals surface area (Å²) in [5.41, 5.74) is 0.677. The summed E-state index contributed by atoms with van der Waals surface area (Å²) in [6, 6.07) is 4.70. The Morgan fingerprint density at radius 1 is 1.50 bits per heavy atom. The van der Waals surface area contributed by atoms with Crippen molar-refractivity contribution < 1.29 is 9.72 Å². The highest BCUT2D eigenvalue weighted by Crippen LogP contribution is 2.25. The van der Waals surface area contributed by atoms with E-state index in [4.69, 9.17) is 11.6 Å². The predicted molar refractivity (Wildman–Crippen MR) is 66.4 cm³/mol. The molecule has 1 heterocycles. The zero-order valence-corrected chi connectivity index (χ0v) is 10.3. The van der Waals surface area contributed by atoms with Crippen molar-refractivity contribution in [3.05, 3.63) is 38.9 Å². The maximum atomic E-state index is 11.2. The fraction of sp³-hybridized carbons (Fsp3) is 0.364. The highest BCUT2D eigenvalue weighted by atomic mass is 35.5. The van der Waals surface area contributed by atoms with E-state index in [2.05, 4.69) is 5.32 Å². The molecule has 0 spiro atoms. The molecule has 0 saturated carbocycles. The molecule has 1 N–H and O–H groups in total. The van der Waals surface area contributed by atoms with Gasteiger partial charge >= 0.3 is 0 Å². The molecule has 0 aromatic heterocycles. The largest absolute Gasteiger partial charge is 0.354 e. The van der Waals surface area contributed by atoms with Gasteiger partial charge in [0.05, 0.1) is 11.5 Å². The maximum Gasteiger partial charge on any atom is 0.288 e. The zero-order chi connectivity index (χ0) is 13.1. The Kier molecular flexibility index (Phi) is 3.78. The highest BCUT2D eigenvalue weighted by molar-refractivity contribution is 6.32. The van der Waals surface area contributed by atoms with Gasteiger partial charge < -0.3 is 5.32 Å². The van der Waals surface area contributed by atoms with Crippen LogP contribution in [0.1, 0.15) is 5.56 Å². The van der Waals surface area contributed by atoms with E-state index < -0.39 is 4.92 Å². The lowest BCUT2D eigenvalue weighted by molar-refractivity contribution is -0.384. The molecule has 0 unspecified atom stereocenters. The fourth-order valence-electron chi connectivity index (χ4n) is 1.88. The lowest BCUT2D eigenvalue weighted by atomic mass is 10.2. The van der Waals surface area contributed by atoms with Gasteiger partial charge in [0, 0.05) is 25.7 Å². The molecule has 2 rings (SSSR count). The summed E-state index contributed by atoms with van der Waals surface area (Å²) in [5, 5.41) is 13.6. The van der Waals surface area contributed by atoms with E-state index in [-0.39, 0.29) is 16.6 Å². The first-order valence-corrected chi connectivity index (χ1v) is 5.86. The summed E-state index contributed by atoms with van der Waals surface area (Å²) in [6.07, 6.45) is 0. The van der Waals surface area contributed by atoms with Crippen LogP contribution in [0.2, 0.25) is 5.02 Å². The number of nitrogens with zero attached hydrogens (tertiary/aromatic N) is 2. The van der Waals surface area contributed by atoms with Crippen molar-refractivity contribution in [2.75, 3.05) is 19.6 Å². The molecule has 1 aliphatic heterocycles. The minimum Gasteiger partial charge on any atom is -0.354 e. The van der Waals surface area contributed by atoms with E-state index in [9.17, 15) is 14.9 Å². The first-order chi connectivity index (χ1) is 8.56. The Labute approximate surface area is 109 Å². The summed E-state index contributed by atoms with van der Waals surface area (Å²) < 4.78 is 0. The molecule has 0 bridgehead atoms. The first-order valence-electron chi connectivity index (χ1n) is 5.48. The minimum atomic E-state index is -0.505. The van der Waals surface area contributed by atoms with Crippen molar-refractivity contribution in [3.63, 3.8) is 0 Å². The van der Waals surface area contributed by atoms with Crippen LogP contribution in [0.4, 0.5) is 5.69 Å². The molecule has 1 saturated heterocycles. The predicted octanol–water partition coefficient (Wildman–Crippen LogP) is 1.18. The molecule has 0 radical (unpaired) electrons. The second-order valence-electron chi connectivity index (χ2n) is 4.10. The van der Waals surface area contributed by atoms with E-state index in [0.29, 0.717) is 19.6 Å². The van der Waals surface area contributed by atoms with Crippen molar-refractivity contribution >= 4 is 23.2 Å². The van der Waals surface area contributed by atoms with Crippen LogP contribution in [-0.4, -0.2) is 35.4 Å². The number of hydrogen-bond donors (Lipinski definition) is 1. The first kappa shape index (κ1) is 12.8. The Balaban J connectivity index is 2.11. The van der Waals surface area contributed by atoms with Crippen molar-refractivity contribution in [2.24, 2.45) is 0 Å². The van der Waals surface area contributed by atoms with Gasteiger partial charge in [0.15, 0.2) is 0 Å². The van der Waals surface area contributed by atoms with E-state index in [1.165, 1.54) is 12.1 Å². The maximum absolute atomic E-state index is 11.2. The molecule has 1 aliphatic rings. The molecule has 1 amide bonds. The summed E-state index contributed by atoms with van der Waals surface area (Å²) in [4.78, 5) is 23.4. The Morgan fingerprint density at radius 3 is 2.94 bits per heavy atom. The molecule has 0 aliphatic carbocycles. The third kappa shape index (κ3) is 2.96. The number of carbonyl (C=O) groups is 1. The molecule has 1 fully saturated rings. The Morgan fingerprint density at radius 2 is 2.28 bits per heavy atom. The second kappa shape index (κ2) is 5.32. The number of amides is 1. The van der Waals surface area contributed by atoms with E-state index in [1.54, 1.807) is 6.07 Å². The molecule has 1 aromatic rings. The summed E-state index contributed by atoms with van der Waals surface area (Å²) in [7, 11) is 0. The van der Waals surface area contributed by atoms with Gasteiger partial charge in [0.1, 0.15) is 5.02 Å². The molecule has 0 atom stereocenters. The monoisotopic (exact) mass is 269 g/mol. The third-order valence-corrected chi connectivity index (χ3v) is 3.05. The SMILES string of the molecule is O=C1CN(Cc2ccc(Cl)c([N+](=O)[O-])c2)CCN1. The van der Waals surface area contributed by atoms with Crippen LogP contribution in [0.15, 0.2) is 18.2 Å². The number of halogens is 1. The molecule has 96 valence electrons. The quantitative estimate of drug-likeness (QED) is 0.660. The van der Waals surface area contributed by atoms with E-state index in [0.717, 1.165) is 12.1 Å². The van der Waals surface area contributed by atoms with E-state index in [1.807, 2.05) is 4.90 Å². The van der Waals surface area contributed by atoms with Gasteiger partial charge in [-0.05, 0) is 11.6 Å². The van der Waals surface area contributed by atoms with Crippen LogP contribution in [-0.2, 0) is 11.3 Å². The van der Waals surface area contributed by atoms with Crippen LogP contribution >= 0.6 is 11.6 Å². The van der Waals surface area contributed by atoms with Crippen LogP contribution in [0.3, 0.4) is 0 Å². The number of piperazine rings is 1. The average molecular weight is 270 g/mol. The minimum absolute atomic E-state index is 0.0234. The summed E-state index contributed by atoms with van der Waals surface area (Å²) in [6.45, 7) is 2.17. The summed E-state index contributed by atoms with van der Waals surface area (Å²) in [5.74, 6) is -0.0234. The number of rotatable bonds is 3. The Hall–Kier alpha value is -1.66. The van der Waals surface area contributed by atoms with Crippen LogP contribution in [0, 0.1) is 10.1 Å². The lowest BCUT2D eigenvalue weighted by Gasteiger charge is -2.26. The topological polar surface area (TPSA) is 75.5 Å². The number of nitro benzene ring substituents is 1. The molecule has 7 heteroatoms.